The van der Waals surface area contributed by atoms with Gasteiger partial charge in [0.05, 0.1) is 26.6 Å². The molecule has 0 bridgehead atoms. The molecule has 0 aliphatic heterocycles. The fourth-order valence-corrected chi connectivity index (χ4v) is 4.03. The highest BCUT2D eigenvalue weighted by molar-refractivity contribution is 9.10. The Hall–Kier alpha value is -2.14. The second kappa shape index (κ2) is 9.12. The molecule has 29 heavy (non-hydrogen) atoms. The molecule has 0 atom stereocenters. The highest BCUT2D eigenvalue weighted by Gasteiger charge is 2.14. The second-order valence-corrected chi connectivity index (χ2v) is 8.63. The van der Waals surface area contributed by atoms with E-state index in [9.17, 15) is 4.79 Å². The fourth-order valence-electron chi connectivity index (χ4n) is 2.68. The highest BCUT2D eigenvalue weighted by Crippen LogP contribution is 2.34. The van der Waals surface area contributed by atoms with Crippen molar-refractivity contribution in [3.8, 4) is 18.1 Å². The quantitative estimate of drug-likeness (QED) is 0.315. The Labute approximate surface area is 190 Å². The van der Waals surface area contributed by atoms with E-state index in [1.807, 2.05) is 26.0 Å². The third-order valence-electron chi connectivity index (χ3n) is 3.99. The Morgan fingerprint density at radius 3 is 2.76 bits per heavy atom. The number of nitrogens with zero attached hydrogens (tertiary/aromatic N) is 3. The van der Waals surface area contributed by atoms with Crippen LogP contribution in [-0.2, 0) is 0 Å². The van der Waals surface area contributed by atoms with E-state index in [1.54, 1.807) is 24.4 Å². The topological polar surface area (TPSA) is 56.5 Å². The lowest BCUT2D eigenvalue weighted by atomic mass is 10.2. The first-order valence-electron chi connectivity index (χ1n) is 8.63. The van der Waals surface area contributed by atoms with Crippen molar-refractivity contribution in [2.45, 2.75) is 19.8 Å². The molecule has 8 heteroatoms. The number of benzene rings is 2. The first-order valence-corrected chi connectivity index (χ1v) is 10.6. The minimum absolute atomic E-state index is 0.00256. The first-order chi connectivity index (χ1) is 13.8. The SMILES string of the molecule is C#CCOc1c(Cl)cc(C=Nn2c(C(C)C)nc3ccc(Br)cc3c2=O)cc1Br. The number of fused-ring (bicyclic) bond motifs is 1. The zero-order chi connectivity index (χ0) is 21.1. The normalized spacial score (nSPS) is 11.3. The second-order valence-electron chi connectivity index (χ2n) is 6.45. The Bertz CT molecular complexity index is 1190. The van der Waals surface area contributed by atoms with E-state index in [0.717, 1.165) is 4.47 Å². The molecule has 1 heterocycles. The van der Waals surface area contributed by atoms with Crippen molar-refractivity contribution in [1.82, 2.24) is 9.66 Å². The summed E-state index contributed by atoms with van der Waals surface area (Å²) in [6.45, 7) is 4.03. The Morgan fingerprint density at radius 2 is 2.10 bits per heavy atom. The van der Waals surface area contributed by atoms with Gasteiger partial charge in [0, 0.05) is 10.4 Å². The molecule has 0 saturated heterocycles. The van der Waals surface area contributed by atoms with Crippen molar-refractivity contribution in [1.29, 1.82) is 0 Å². The molecule has 0 spiro atoms. The number of aromatic nitrogens is 2. The number of hydrogen-bond donors (Lipinski definition) is 0. The van der Waals surface area contributed by atoms with Crippen LogP contribution in [0.5, 0.6) is 5.75 Å². The molecule has 5 nitrogen and oxygen atoms in total. The lowest BCUT2D eigenvalue weighted by Crippen LogP contribution is -2.23. The van der Waals surface area contributed by atoms with Gasteiger partial charge in [0.2, 0.25) is 0 Å². The summed E-state index contributed by atoms with van der Waals surface area (Å²) >= 11 is 13.1. The van der Waals surface area contributed by atoms with Gasteiger partial charge in [-0.1, -0.05) is 47.3 Å². The van der Waals surface area contributed by atoms with Gasteiger partial charge in [0.15, 0.2) is 5.75 Å². The molecular formula is C21H16Br2ClN3O2. The maximum atomic E-state index is 13.0. The van der Waals surface area contributed by atoms with Gasteiger partial charge < -0.3 is 4.74 Å². The van der Waals surface area contributed by atoms with Gasteiger partial charge in [0.1, 0.15) is 12.4 Å². The van der Waals surface area contributed by atoms with Crippen LogP contribution in [0.15, 0.2) is 49.2 Å². The maximum absolute atomic E-state index is 13.0. The maximum Gasteiger partial charge on any atom is 0.282 e. The summed E-state index contributed by atoms with van der Waals surface area (Å²) in [5.41, 5.74) is 1.08. The molecule has 3 aromatic rings. The standard InChI is InChI=1S/C21H16Br2ClN3O2/c1-4-7-29-19-16(23)8-13(9-17(19)24)11-25-27-20(12(2)3)26-18-6-5-14(22)10-15(18)21(27)28/h1,5-6,8-12H,7H2,2-3H3. The molecule has 0 saturated carbocycles. The molecular weight excluding hydrogens is 522 g/mol. The van der Waals surface area contributed by atoms with E-state index < -0.39 is 0 Å². The van der Waals surface area contributed by atoms with Crippen LogP contribution >= 0.6 is 43.5 Å². The number of rotatable bonds is 5. The van der Waals surface area contributed by atoms with Gasteiger partial charge in [-0.25, -0.2) is 4.98 Å². The molecule has 0 radical (unpaired) electrons. The average Bonchev–Trinajstić information content (AvgIpc) is 2.67. The van der Waals surface area contributed by atoms with E-state index >= 15 is 0 Å². The molecule has 0 aliphatic rings. The molecule has 1 aromatic heterocycles. The van der Waals surface area contributed by atoms with Crippen LogP contribution in [0, 0.1) is 12.3 Å². The lowest BCUT2D eigenvalue weighted by Gasteiger charge is -2.12. The van der Waals surface area contributed by atoms with Crippen LogP contribution in [-0.4, -0.2) is 22.5 Å². The molecule has 0 N–H and O–H groups in total. The van der Waals surface area contributed by atoms with Gasteiger partial charge in [0.25, 0.3) is 5.56 Å². The third-order valence-corrected chi connectivity index (χ3v) is 5.36. The molecule has 3 rings (SSSR count). The van der Waals surface area contributed by atoms with Crippen LogP contribution in [0.2, 0.25) is 5.02 Å². The summed E-state index contributed by atoms with van der Waals surface area (Å²) in [7, 11) is 0. The van der Waals surface area contributed by atoms with Crippen LogP contribution < -0.4 is 10.3 Å². The number of halogens is 3. The van der Waals surface area contributed by atoms with E-state index in [-0.39, 0.29) is 18.1 Å². The first kappa shape index (κ1) is 21.6. The minimum atomic E-state index is -0.240. The van der Waals surface area contributed by atoms with Crippen molar-refractivity contribution < 1.29 is 4.74 Å². The Kier molecular flexibility index (Phi) is 6.78. The van der Waals surface area contributed by atoms with Crippen molar-refractivity contribution in [2.75, 3.05) is 6.61 Å². The molecule has 2 aromatic carbocycles. The average molecular weight is 538 g/mol. The van der Waals surface area contributed by atoms with Gasteiger partial charge >= 0.3 is 0 Å². The third kappa shape index (κ3) is 4.72. The molecule has 0 unspecified atom stereocenters. The summed E-state index contributed by atoms with van der Waals surface area (Å²) in [6.07, 6.45) is 6.78. The zero-order valence-corrected chi connectivity index (χ0v) is 19.5. The predicted octanol–water partition coefficient (Wildman–Crippen LogP) is 5.59. The summed E-state index contributed by atoms with van der Waals surface area (Å²) in [4.78, 5) is 17.7. The van der Waals surface area contributed by atoms with Gasteiger partial charge in [-0.2, -0.15) is 9.78 Å². The van der Waals surface area contributed by atoms with Gasteiger partial charge in [-0.15, -0.1) is 6.42 Å². The fraction of sp³-hybridized carbons (Fsp3) is 0.190. The Morgan fingerprint density at radius 1 is 1.34 bits per heavy atom. The summed E-state index contributed by atoms with van der Waals surface area (Å²) in [5, 5.41) is 5.27. The lowest BCUT2D eigenvalue weighted by molar-refractivity contribution is 0.368. The van der Waals surface area contributed by atoms with Crippen molar-refractivity contribution >= 4 is 60.6 Å². The van der Waals surface area contributed by atoms with E-state index in [1.165, 1.54) is 4.68 Å². The zero-order valence-electron chi connectivity index (χ0n) is 15.6. The smallest absolute Gasteiger partial charge is 0.282 e. The van der Waals surface area contributed by atoms with Crippen LogP contribution in [0.1, 0.15) is 31.2 Å². The van der Waals surface area contributed by atoms with Crippen LogP contribution in [0.25, 0.3) is 10.9 Å². The van der Waals surface area contributed by atoms with E-state index in [4.69, 9.17) is 22.8 Å². The van der Waals surface area contributed by atoms with E-state index in [2.05, 4.69) is 47.9 Å². The van der Waals surface area contributed by atoms with Crippen molar-refractivity contribution in [3.05, 3.63) is 66.0 Å². The number of ether oxygens (including phenoxy) is 1. The van der Waals surface area contributed by atoms with E-state index in [0.29, 0.717) is 37.5 Å². The summed E-state index contributed by atoms with van der Waals surface area (Å²) in [6, 6.07) is 8.88. The predicted molar refractivity (Wildman–Crippen MR) is 124 cm³/mol. The van der Waals surface area contributed by atoms with Crippen molar-refractivity contribution in [3.63, 3.8) is 0 Å². The van der Waals surface area contributed by atoms with Crippen LogP contribution in [0.4, 0.5) is 0 Å². The monoisotopic (exact) mass is 535 g/mol. The summed E-state index contributed by atoms with van der Waals surface area (Å²) < 4.78 is 8.20. The van der Waals surface area contributed by atoms with Gasteiger partial charge in [-0.3, -0.25) is 4.79 Å². The molecule has 0 aliphatic carbocycles. The van der Waals surface area contributed by atoms with Crippen LogP contribution in [0.3, 0.4) is 0 Å². The Balaban J connectivity index is 2.09. The summed E-state index contributed by atoms with van der Waals surface area (Å²) in [5.74, 6) is 3.43. The largest absolute Gasteiger partial charge is 0.478 e. The number of hydrogen-bond acceptors (Lipinski definition) is 4. The number of terminal acetylenes is 1. The highest BCUT2D eigenvalue weighted by atomic mass is 79.9. The minimum Gasteiger partial charge on any atom is -0.478 e. The van der Waals surface area contributed by atoms with Gasteiger partial charge in [-0.05, 0) is 51.8 Å². The molecule has 0 fully saturated rings. The molecule has 148 valence electrons. The van der Waals surface area contributed by atoms with Crippen molar-refractivity contribution in [2.24, 2.45) is 5.10 Å². The molecule has 0 amide bonds.